The fourth-order valence-corrected chi connectivity index (χ4v) is 1.78. The Morgan fingerprint density at radius 2 is 2.20 bits per heavy atom. The van der Waals surface area contributed by atoms with E-state index < -0.39 is 5.97 Å². The Morgan fingerprint density at radius 1 is 1.45 bits per heavy atom. The second-order valence-corrected chi connectivity index (χ2v) is 4.65. The summed E-state index contributed by atoms with van der Waals surface area (Å²) in [5.41, 5.74) is 7.02. The zero-order chi connectivity index (χ0) is 14.5. The Balaban J connectivity index is 2.09. The molecule has 0 atom stereocenters. The van der Waals surface area contributed by atoms with Crippen molar-refractivity contribution in [2.75, 3.05) is 14.2 Å². The molecule has 1 saturated carbocycles. The van der Waals surface area contributed by atoms with E-state index in [0.717, 1.165) is 18.4 Å². The Labute approximate surface area is 118 Å². The van der Waals surface area contributed by atoms with E-state index in [4.69, 9.17) is 15.2 Å². The van der Waals surface area contributed by atoms with E-state index in [2.05, 4.69) is 10.3 Å². The smallest absolute Gasteiger partial charge is 0.341 e. The van der Waals surface area contributed by atoms with Gasteiger partial charge in [-0.1, -0.05) is 6.07 Å². The molecule has 6 nitrogen and oxygen atoms in total. The van der Waals surface area contributed by atoms with E-state index >= 15 is 0 Å². The lowest BCUT2D eigenvalue weighted by Gasteiger charge is -2.08. The maximum absolute atomic E-state index is 11.7. The van der Waals surface area contributed by atoms with Gasteiger partial charge in [0.25, 0.3) is 0 Å². The van der Waals surface area contributed by atoms with Crippen molar-refractivity contribution in [1.29, 1.82) is 0 Å². The number of esters is 1. The van der Waals surface area contributed by atoms with Crippen LogP contribution < -0.4 is 15.8 Å². The maximum Gasteiger partial charge on any atom is 0.341 e. The number of benzene rings is 1. The zero-order valence-corrected chi connectivity index (χ0v) is 11.7. The number of ether oxygens (including phenoxy) is 2. The zero-order valence-electron chi connectivity index (χ0n) is 11.7. The quantitative estimate of drug-likeness (QED) is 0.477. The van der Waals surface area contributed by atoms with Gasteiger partial charge in [-0.3, -0.25) is 0 Å². The van der Waals surface area contributed by atoms with Crippen LogP contribution in [0, 0.1) is 0 Å². The summed E-state index contributed by atoms with van der Waals surface area (Å²) in [7, 11) is 2.85. The van der Waals surface area contributed by atoms with Crippen LogP contribution in [0.1, 0.15) is 28.8 Å². The van der Waals surface area contributed by atoms with Crippen LogP contribution in [-0.4, -0.2) is 32.2 Å². The Kier molecular flexibility index (Phi) is 4.45. The molecule has 2 rings (SSSR count). The average Bonchev–Trinajstić information content (AvgIpc) is 3.27. The van der Waals surface area contributed by atoms with Crippen molar-refractivity contribution >= 4 is 11.9 Å². The predicted octanol–water partition coefficient (Wildman–Crippen LogP) is 1.05. The summed E-state index contributed by atoms with van der Waals surface area (Å²) in [6, 6.07) is 5.75. The average molecular weight is 277 g/mol. The van der Waals surface area contributed by atoms with Gasteiger partial charge in [0.2, 0.25) is 0 Å². The van der Waals surface area contributed by atoms with Crippen molar-refractivity contribution in [1.82, 2.24) is 5.32 Å². The number of methoxy groups -OCH3 is 2. The Bertz CT molecular complexity index is 524. The molecule has 20 heavy (non-hydrogen) atoms. The number of hydrogen-bond donors (Lipinski definition) is 2. The van der Waals surface area contributed by atoms with E-state index in [0.29, 0.717) is 29.9 Å². The molecule has 0 aliphatic heterocycles. The van der Waals surface area contributed by atoms with Crippen LogP contribution >= 0.6 is 0 Å². The van der Waals surface area contributed by atoms with E-state index in [1.54, 1.807) is 12.1 Å². The fourth-order valence-electron chi connectivity index (χ4n) is 1.78. The summed E-state index contributed by atoms with van der Waals surface area (Å²) in [5, 5.41) is 3.11. The minimum absolute atomic E-state index is 0.386. The van der Waals surface area contributed by atoms with Crippen LogP contribution in [-0.2, 0) is 11.3 Å². The molecule has 1 aromatic rings. The molecule has 1 aliphatic carbocycles. The van der Waals surface area contributed by atoms with E-state index in [9.17, 15) is 4.79 Å². The molecule has 0 heterocycles. The molecule has 0 amide bonds. The summed E-state index contributed by atoms with van der Waals surface area (Å²) in [6.45, 7) is 0.402. The van der Waals surface area contributed by atoms with Crippen LogP contribution in [0.25, 0.3) is 0 Å². The van der Waals surface area contributed by atoms with Gasteiger partial charge < -0.3 is 20.5 Å². The molecule has 0 radical (unpaired) electrons. The molecule has 108 valence electrons. The number of nitrogens with one attached hydrogen (secondary N) is 1. The normalized spacial score (nSPS) is 14.8. The SMILES string of the molecule is COC(=O)c1cc(CN=C(N)NC2CC2)ccc1OC. The number of rotatable bonds is 5. The summed E-state index contributed by atoms with van der Waals surface area (Å²) in [5.74, 6) is 0.480. The van der Waals surface area contributed by atoms with Crippen LogP contribution in [0.15, 0.2) is 23.2 Å². The van der Waals surface area contributed by atoms with E-state index in [1.165, 1.54) is 14.2 Å². The fraction of sp³-hybridized carbons (Fsp3) is 0.429. The molecular formula is C14H19N3O3. The van der Waals surface area contributed by atoms with Crippen molar-refractivity contribution in [3.8, 4) is 5.75 Å². The van der Waals surface area contributed by atoms with Gasteiger partial charge in [0.1, 0.15) is 11.3 Å². The molecule has 3 N–H and O–H groups in total. The van der Waals surface area contributed by atoms with Crippen LogP contribution in [0.4, 0.5) is 0 Å². The van der Waals surface area contributed by atoms with E-state index in [1.807, 2.05) is 6.07 Å². The molecule has 1 aromatic carbocycles. The largest absolute Gasteiger partial charge is 0.496 e. The first-order chi connectivity index (χ1) is 9.63. The number of hydrogen-bond acceptors (Lipinski definition) is 4. The molecule has 0 spiro atoms. The highest BCUT2D eigenvalue weighted by Gasteiger charge is 2.21. The Hall–Kier alpha value is -2.24. The number of aliphatic imine (C=N–C) groups is 1. The minimum Gasteiger partial charge on any atom is -0.496 e. The number of nitrogens with zero attached hydrogens (tertiary/aromatic N) is 1. The van der Waals surface area contributed by atoms with Crippen LogP contribution in [0.5, 0.6) is 5.75 Å². The molecule has 6 heteroatoms. The number of nitrogens with two attached hydrogens (primary N) is 1. The minimum atomic E-state index is -0.434. The van der Waals surface area contributed by atoms with Crippen molar-refractivity contribution < 1.29 is 14.3 Å². The lowest BCUT2D eigenvalue weighted by Crippen LogP contribution is -2.33. The second kappa shape index (κ2) is 6.27. The van der Waals surface area contributed by atoms with Gasteiger partial charge in [-0.25, -0.2) is 9.79 Å². The first-order valence-electron chi connectivity index (χ1n) is 6.45. The van der Waals surface area contributed by atoms with Crippen LogP contribution in [0.3, 0.4) is 0 Å². The van der Waals surface area contributed by atoms with Crippen LogP contribution in [0.2, 0.25) is 0 Å². The molecular weight excluding hydrogens is 258 g/mol. The Morgan fingerprint density at radius 3 is 2.80 bits per heavy atom. The number of carbonyl (C=O) groups is 1. The number of guanidine groups is 1. The first kappa shape index (κ1) is 14.2. The summed E-state index contributed by atoms with van der Waals surface area (Å²) < 4.78 is 9.86. The van der Waals surface area contributed by atoms with Gasteiger partial charge in [-0.15, -0.1) is 0 Å². The summed E-state index contributed by atoms with van der Waals surface area (Å²) >= 11 is 0. The highest BCUT2D eigenvalue weighted by Crippen LogP contribution is 2.21. The monoisotopic (exact) mass is 277 g/mol. The summed E-state index contributed by atoms with van der Waals surface area (Å²) in [6.07, 6.45) is 2.29. The van der Waals surface area contributed by atoms with Crippen molar-refractivity contribution in [3.63, 3.8) is 0 Å². The third-order valence-electron chi connectivity index (χ3n) is 3.03. The third-order valence-corrected chi connectivity index (χ3v) is 3.03. The summed E-state index contributed by atoms with van der Waals surface area (Å²) in [4.78, 5) is 15.9. The highest BCUT2D eigenvalue weighted by atomic mass is 16.5. The molecule has 0 unspecified atom stereocenters. The van der Waals surface area contributed by atoms with Crippen molar-refractivity contribution in [3.05, 3.63) is 29.3 Å². The van der Waals surface area contributed by atoms with Crippen molar-refractivity contribution in [2.45, 2.75) is 25.4 Å². The molecule has 0 saturated heterocycles. The maximum atomic E-state index is 11.7. The number of carbonyl (C=O) groups excluding carboxylic acids is 1. The standard InChI is InChI=1S/C14H19N3O3/c1-19-12-6-3-9(7-11(12)13(18)20-2)8-16-14(15)17-10-4-5-10/h3,6-7,10H,4-5,8H2,1-2H3,(H3,15,16,17). The highest BCUT2D eigenvalue weighted by molar-refractivity contribution is 5.92. The second-order valence-electron chi connectivity index (χ2n) is 4.65. The van der Waals surface area contributed by atoms with Crippen molar-refractivity contribution in [2.24, 2.45) is 10.7 Å². The van der Waals surface area contributed by atoms with Gasteiger partial charge in [-0.2, -0.15) is 0 Å². The molecule has 1 fully saturated rings. The third kappa shape index (κ3) is 3.63. The van der Waals surface area contributed by atoms with Gasteiger partial charge >= 0.3 is 5.97 Å². The van der Waals surface area contributed by atoms with Gasteiger partial charge in [0.05, 0.1) is 20.8 Å². The van der Waals surface area contributed by atoms with Gasteiger partial charge in [-0.05, 0) is 30.5 Å². The lowest BCUT2D eigenvalue weighted by molar-refractivity contribution is 0.0597. The molecule has 1 aliphatic rings. The van der Waals surface area contributed by atoms with E-state index in [-0.39, 0.29) is 0 Å². The molecule has 0 aromatic heterocycles. The topological polar surface area (TPSA) is 85.9 Å². The molecule has 0 bridgehead atoms. The predicted molar refractivity (Wildman–Crippen MR) is 75.8 cm³/mol. The van der Waals surface area contributed by atoms with Gasteiger partial charge in [0.15, 0.2) is 5.96 Å². The lowest BCUT2D eigenvalue weighted by atomic mass is 10.1. The first-order valence-corrected chi connectivity index (χ1v) is 6.45. The van der Waals surface area contributed by atoms with Gasteiger partial charge in [0, 0.05) is 6.04 Å².